The molecular formula is C12H16BrFN2O2S. The maximum Gasteiger partial charge on any atom is 0.243 e. The maximum atomic E-state index is 13.2. The second kappa shape index (κ2) is 5.87. The molecule has 0 saturated carbocycles. The van der Waals surface area contributed by atoms with Crippen molar-refractivity contribution >= 4 is 26.0 Å². The summed E-state index contributed by atoms with van der Waals surface area (Å²) in [6.45, 7) is 1.14. The predicted octanol–water partition coefficient (Wildman–Crippen LogP) is 1.96. The molecule has 1 fully saturated rings. The minimum atomic E-state index is -3.55. The van der Waals surface area contributed by atoms with E-state index in [4.69, 9.17) is 0 Å². The highest BCUT2D eigenvalue weighted by Gasteiger charge is 2.34. The molecule has 0 spiro atoms. The van der Waals surface area contributed by atoms with Crippen molar-refractivity contribution in [1.82, 2.24) is 9.62 Å². The van der Waals surface area contributed by atoms with Crippen LogP contribution in [0.1, 0.15) is 12.8 Å². The lowest BCUT2D eigenvalue weighted by atomic mass is 10.2. The Hall–Kier alpha value is -0.500. The number of likely N-dealkylation sites (N-methyl/N-ethyl adjacent to an activating group) is 1. The van der Waals surface area contributed by atoms with E-state index in [-0.39, 0.29) is 15.4 Å². The zero-order valence-corrected chi connectivity index (χ0v) is 13.0. The van der Waals surface area contributed by atoms with E-state index in [9.17, 15) is 12.8 Å². The minimum Gasteiger partial charge on any atom is -0.318 e. The molecule has 1 atom stereocenters. The van der Waals surface area contributed by atoms with E-state index in [0.717, 1.165) is 12.8 Å². The van der Waals surface area contributed by atoms with E-state index in [1.54, 1.807) is 7.05 Å². The Kier molecular flexibility index (Phi) is 4.60. The van der Waals surface area contributed by atoms with Crippen LogP contribution in [0.3, 0.4) is 0 Å². The number of nitrogens with one attached hydrogen (secondary N) is 1. The van der Waals surface area contributed by atoms with Crippen molar-refractivity contribution < 1.29 is 12.8 Å². The smallest absolute Gasteiger partial charge is 0.243 e. The van der Waals surface area contributed by atoms with Crippen LogP contribution in [0, 0.1) is 5.82 Å². The maximum absolute atomic E-state index is 13.2. The van der Waals surface area contributed by atoms with Crippen LogP contribution in [0.2, 0.25) is 0 Å². The summed E-state index contributed by atoms with van der Waals surface area (Å²) in [5.41, 5.74) is 0. The highest BCUT2D eigenvalue weighted by atomic mass is 79.9. The average Bonchev–Trinajstić information content (AvgIpc) is 2.82. The van der Waals surface area contributed by atoms with Crippen LogP contribution < -0.4 is 5.32 Å². The number of halogens is 2. The van der Waals surface area contributed by atoms with Crippen molar-refractivity contribution in [2.75, 3.05) is 20.1 Å². The standard InChI is InChI=1S/C12H16BrFN2O2S/c1-15-8-9-3-2-6-16(9)19(17,18)10-4-5-12(14)11(13)7-10/h4-5,7,9,15H,2-3,6,8H2,1H3. The highest BCUT2D eigenvalue weighted by molar-refractivity contribution is 9.10. The van der Waals surface area contributed by atoms with Gasteiger partial charge in [-0.05, 0) is 54.0 Å². The van der Waals surface area contributed by atoms with Gasteiger partial charge in [0.05, 0.1) is 9.37 Å². The molecule has 7 heteroatoms. The van der Waals surface area contributed by atoms with E-state index in [1.807, 2.05) is 0 Å². The number of hydrogen-bond donors (Lipinski definition) is 1. The Balaban J connectivity index is 2.33. The van der Waals surface area contributed by atoms with Crippen LogP contribution in [0.25, 0.3) is 0 Å². The normalized spacial score (nSPS) is 20.9. The van der Waals surface area contributed by atoms with E-state index in [2.05, 4.69) is 21.2 Å². The van der Waals surface area contributed by atoms with Crippen LogP contribution in [0.5, 0.6) is 0 Å². The van der Waals surface area contributed by atoms with E-state index in [0.29, 0.717) is 13.1 Å². The number of benzene rings is 1. The molecule has 0 aliphatic carbocycles. The molecule has 1 unspecified atom stereocenters. The third kappa shape index (κ3) is 2.99. The molecule has 1 aromatic rings. The van der Waals surface area contributed by atoms with Gasteiger partial charge in [-0.25, -0.2) is 12.8 Å². The number of sulfonamides is 1. The van der Waals surface area contributed by atoms with Gasteiger partial charge >= 0.3 is 0 Å². The van der Waals surface area contributed by atoms with Gasteiger partial charge in [-0.3, -0.25) is 0 Å². The molecule has 106 valence electrons. The first kappa shape index (κ1) is 14.9. The minimum absolute atomic E-state index is 0.0289. The Labute approximate surface area is 121 Å². The first-order valence-corrected chi connectivity index (χ1v) is 8.31. The molecule has 4 nitrogen and oxygen atoms in total. The third-order valence-electron chi connectivity index (χ3n) is 3.26. The molecular weight excluding hydrogens is 335 g/mol. The zero-order chi connectivity index (χ0) is 14.0. The lowest BCUT2D eigenvalue weighted by Crippen LogP contribution is -2.40. The lowest BCUT2D eigenvalue weighted by Gasteiger charge is -2.24. The quantitative estimate of drug-likeness (QED) is 0.902. The number of nitrogens with zero attached hydrogens (tertiary/aromatic N) is 1. The van der Waals surface area contributed by atoms with Crippen molar-refractivity contribution in [3.05, 3.63) is 28.5 Å². The van der Waals surface area contributed by atoms with Crippen LogP contribution in [0.4, 0.5) is 4.39 Å². The molecule has 2 rings (SSSR count). The number of hydrogen-bond acceptors (Lipinski definition) is 3. The molecule has 19 heavy (non-hydrogen) atoms. The molecule has 1 aromatic carbocycles. The van der Waals surface area contributed by atoms with Gasteiger partial charge in [0.15, 0.2) is 0 Å². The molecule has 0 radical (unpaired) electrons. The Bertz CT molecular complexity index is 565. The predicted molar refractivity (Wildman–Crippen MR) is 74.9 cm³/mol. The summed E-state index contributed by atoms with van der Waals surface area (Å²) in [6.07, 6.45) is 1.70. The summed E-state index contributed by atoms with van der Waals surface area (Å²) >= 11 is 3.02. The summed E-state index contributed by atoms with van der Waals surface area (Å²) in [7, 11) is -1.75. The Morgan fingerprint density at radius 3 is 2.89 bits per heavy atom. The van der Waals surface area contributed by atoms with E-state index >= 15 is 0 Å². The monoisotopic (exact) mass is 350 g/mol. The molecule has 0 bridgehead atoms. The molecule has 0 aromatic heterocycles. The molecule has 0 amide bonds. The lowest BCUT2D eigenvalue weighted by molar-refractivity contribution is 0.379. The van der Waals surface area contributed by atoms with Crippen LogP contribution in [-0.2, 0) is 10.0 Å². The summed E-state index contributed by atoms with van der Waals surface area (Å²) < 4.78 is 39.9. The van der Waals surface area contributed by atoms with Gasteiger partial charge in [0.25, 0.3) is 0 Å². The van der Waals surface area contributed by atoms with Crippen LogP contribution >= 0.6 is 15.9 Å². The zero-order valence-electron chi connectivity index (χ0n) is 10.6. The van der Waals surface area contributed by atoms with Crippen molar-refractivity contribution in [3.63, 3.8) is 0 Å². The van der Waals surface area contributed by atoms with Gasteiger partial charge < -0.3 is 5.32 Å². The van der Waals surface area contributed by atoms with Gasteiger partial charge in [0.2, 0.25) is 10.0 Å². The van der Waals surface area contributed by atoms with Gasteiger partial charge in [-0.2, -0.15) is 4.31 Å². The molecule has 1 aliphatic heterocycles. The van der Waals surface area contributed by atoms with Crippen LogP contribution in [0.15, 0.2) is 27.6 Å². The van der Waals surface area contributed by atoms with Gasteiger partial charge in [0.1, 0.15) is 5.82 Å². The van der Waals surface area contributed by atoms with Gasteiger partial charge in [-0.1, -0.05) is 0 Å². The summed E-state index contributed by atoms with van der Waals surface area (Å²) in [6, 6.07) is 3.77. The fraction of sp³-hybridized carbons (Fsp3) is 0.500. The number of rotatable bonds is 4. The van der Waals surface area contributed by atoms with Crippen molar-refractivity contribution in [3.8, 4) is 0 Å². The summed E-state index contributed by atoms with van der Waals surface area (Å²) in [5, 5.41) is 3.01. The van der Waals surface area contributed by atoms with Crippen molar-refractivity contribution in [1.29, 1.82) is 0 Å². The van der Waals surface area contributed by atoms with Gasteiger partial charge in [-0.15, -0.1) is 0 Å². The Morgan fingerprint density at radius 1 is 1.53 bits per heavy atom. The topological polar surface area (TPSA) is 49.4 Å². The third-order valence-corrected chi connectivity index (χ3v) is 5.82. The molecule has 1 heterocycles. The summed E-state index contributed by atoms with van der Waals surface area (Å²) in [5.74, 6) is -0.466. The fourth-order valence-electron chi connectivity index (χ4n) is 2.34. The first-order valence-electron chi connectivity index (χ1n) is 6.08. The molecule has 1 saturated heterocycles. The Morgan fingerprint density at radius 2 is 2.26 bits per heavy atom. The van der Waals surface area contributed by atoms with Gasteiger partial charge in [0, 0.05) is 19.1 Å². The molecule has 1 N–H and O–H groups in total. The van der Waals surface area contributed by atoms with E-state index < -0.39 is 15.8 Å². The fourth-order valence-corrected chi connectivity index (χ4v) is 4.59. The second-order valence-corrected chi connectivity index (χ2v) is 7.29. The SMILES string of the molecule is CNCC1CCCN1S(=O)(=O)c1ccc(F)c(Br)c1. The molecule has 1 aliphatic rings. The van der Waals surface area contributed by atoms with Crippen molar-refractivity contribution in [2.45, 2.75) is 23.8 Å². The van der Waals surface area contributed by atoms with Crippen molar-refractivity contribution in [2.24, 2.45) is 0 Å². The average molecular weight is 351 g/mol. The van der Waals surface area contributed by atoms with Crippen LogP contribution in [-0.4, -0.2) is 38.9 Å². The summed E-state index contributed by atoms with van der Waals surface area (Å²) in [4.78, 5) is 0.128. The second-order valence-electron chi connectivity index (χ2n) is 4.55. The highest BCUT2D eigenvalue weighted by Crippen LogP contribution is 2.28. The largest absolute Gasteiger partial charge is 0.318 e. The first-order chi connectivity index (χ1) is 8.96. The van der Waals surface area contributed by atoms with E-state index in [1.165, 1.54) is 22.5 Å².